The molecule has 118 valence electrons. The molecule has 0 aromatic heterocycles. The van der Waals surface area contributed by atoms with E-state index in [1.807, 2.05) is 49.9 Å². The van der Waals surface area contributed by atoms with E-state index in [1.165, 1.54) is 5.56 Å². The molecule has 0 aliphatic heterocycles. The van der Waals surface area contributed by atoms with Gasteiger partial charge in [0.1, 0.15) is 0 Å². The number of nitrogens with one attached hydrogen (secondary N) is 2. The molecule has 0 atom stereocenters. The first-order valence-electron chi connectivity index (χ1n) is 7.38. The summed E-state index contributed by atoms with van der Waals surface area (Å²) in [5, 5.41) is 15.6. The summed E-state index contributed by atoms with van der Waals surface area (Å²) in [6, 6.07) is 7.58. The van der Waals surface area contributed by atoms with Gasteiger partial charge in [0.15, 0.2) is 0 Å². The molecule has 1 aromatic rings. The van der Waals surface area contributed by atoms with Crippen molar-refractivity contribution >= 4 is 23.5 Å². The minimum atomic E-state index is -0.820. The molecule has 0 spiro atoms. The number of benzene rings is 1. The number of aryl methyl sites for hydroxylation is 1. The zero-order valence-electron chi connectivity index (χ0n) is 13.1. The fourth-order valence-corrected chi connectivity index (χ4v) is 2.33. The largest absolute Gasteiger partial charge is 0.388 e. The molecule has 1 rings (SSSR count). The molecule has 5 heteroatoms. The van der Waals surface area contributed by atoms with Gasteiger partial charge in [-0.15, -0.1) is 0 Å². The Kier molecular flexibility index (Phi) is 7.61. The first-order valence-corrected chi connectivity index (χ1v) is 8.77. The van der Waals surface area contributed by atoms with Crippen molar-refractivity contribution < 1.29 is 9.90 Å². The average Bonchev–Trinajstić information content (AvgIpc) is 2.52. The molecular weight excluding hydrogens is 284 g/mol. The van der Waals surface area contributed by atoms with Crippen molar-refractivity contribution in [1.82, 2.24) is 5.32 Å². The third-order valence-corrected chi connectivity index (χ3v) is 4.31. The molecule has 21 heavy (non-hydrogen) atoms. The van der Waals surface area contributed by atoms with Gasteiger partial charge in [0.2, 0.25) is 0 Å². The van der Waals surface area contributed by atoms with Gasteiger partial charge >= 0.3 is 6.03 Å². The monoisotopic (exact) mass is 310 g/mol. The Morgan fingerprint density at radius 2 is 1.86 bits per heavy atom. The van der Waals surface area contributed by atoms with Crippen molar-refractivity contribution in [3.05, 3.63) is 29.8 Å². The molecule has 0 fully saturated rings. The maximum atomic E-state index is 11.8. The lowest BCUT2D eigenvalue weighted by atomic mass is 9.98. The van der Waals surface area contributed by atoms with E-state index in [2.05, 4.69) is 16.9 Å². The van der Waals surface area contributed by atoms with Gasteiger partial charge in [-0.2, -0.15) is 11.8 Å². The highest BCUT2D eigenvalue weighted by atomic mass is 32.2. The van der Waals surface area contributed by atoms with Gasteiger partial charge in [-0.3, -0.25) is 0 Å². The first-order chi connectivity index (χ1) is 10.0. The molecule has 0 aliphatic carbocycles. The Balaban J connectivity index is 2.44. The zero-order valence-corrected chi connectivity index (χ0v) is 13.9. The Hall–Kier alpha value is -1.20. The van der Waals surface area contributed by atoms with E-state index in [9.17, 15) is 9.90 Å². The van der Waals surface area contributed by atoms with Crippen molar-refractivity contribution in [3.63, 3.8) is 0 Å². The molecule has 0 saturated heterocycles. The second-order valence-corrected chi connectivity index (χ2v) is 6.16. The summed E-state index contributed by atoms with van der Waals surface area (Å²) < 4.78 is 0. The lowest BCUT2D eigenvalue weighted by Crippen LogP contribution is -2.43. The Bertz CT molecular complexity index is 430. The molecule has 0 unspecified atom stereocenters. The molecule has 1 aromatic carbocycles. The number of amides is 2. The highest BCUT2D eigenvalue weighted by Crippen LogP contribution is 2.14. The zero-order chi connectivity index (χ0) is 15.7. The fourth-order valence-electron chi connectivity index (χ4n) is 1.89. The maximum Gasteiger partial charge on any atom is 0.319 e. The number of aliphatic hydroxyl groups is 1. The highest BCUT2D eigenvalue weighted by molar-refractivity contribution is 7.98. The van der Waals surface area contributed by atoms with Gasteiger partial charge in [0.05, 0.1) is 5.60 Å². The van der Waals surface area contributed by atoms with Gasteiger partial charge in [-0.25, -0.2) is 4.79 Å². The minimum absolute atomic E-state index is 0.262. The maximum absolute atomic E-state index is 11.8. The van der Waals surface area contributed by atoms with E-state index >= 15 is 0 Å². The van der Waals surface area contributed by atoms with E-state index in [1.54, 1.807) is 0 Å². The highest BCUT2D eigenvalue weighted by Gasteiger charge is 2.22. The Labute approximate surface area is 131 Å². The van der Waals surface area contributed by atoms with Crippen LogP contribution in [0.15, 0.2) is 24.3 Å². The molecule has 0 saturated carbocycles. The van der Waals surface area contributed by atoms with Gasteiger partial charge < -0.3 is 15.7 Å². The standard InChI is InChI=1S/C16H26N2O2S/c1-4-16(20,5-2)12-17-15(19)18-14-8-6-13(7-9-14)10-11-21-3/h6-9,20H,4-5,10-12H2,1-3H3,(H2,17,18,19). The summed E-state index contributed by atoms with van der Waals surface area (Å²) in [4.78, 5) is 11.8. The van der Waals surface area contributed by atoms with E-state index in [4.69, 9.17) is 0 Å². The van der Waals surface area contributed by atoms with Crippen LogP contribution in [-0.2, 0) is 6.42 Å². The number of rotatable bonds is 8. The quantitative estimate of drug-likeness (QED) is 0.690. The fraction of sp³-hybridized carbons (Fsp3) is 0.562. The second kappa shape index (κ2) is 8.95. The van der Waals surface area contributed by atoms with Gasteiger partial charge in [-0.05, 0) is 49.0 Å². The smallest absolute Gasteiger partial charge is 0.319 e. The summed E-state index contributed by atoms with van der Waals surface area (Å²) in [7, 11) is 0. The number of carbonyl (C=O) groups excluding carboxylic acids is 1. The van der Waals surface area contributed by atoms with Crippen LogP contribution in [0.3, 0.4) is 0 Å². The lowest BCUT2D eigenvalue weighted by Gasteiger charge is -2.25. The average molecular weight is 310 g/mol. The molecule has 0 heterocycles. The lowest BCUT2D eigenvalue weighted by molar-refractivity contribution is 0.0354. The topological polar surface area (TPSA) is 61.4 Å². The number of hydrogen-bond acceptors (Lipinski definition) is 3. The van der Waals surface area contributed by atoms with E-state index < -0.39 is 5.60 Å². The summed E-state index contributed by atoms with van der Waals surface area (Å²) in [6.07, 6.45) is 4.36. The number of anilines is 1. The SMILES string of the molecule is CCC(O)(CC)CNC(=O)Nc1ccc(CCSC)cc1. The van der Waals surface area contributed by atoms with Gasteiger partial charge in [-0.1, -0.05) is 26.0 Å². The molecule has 2 amide bonds. The first kappa shape index (κ1) is 17.9. The minimum Gasteiger partial charge on any atom is -0.388 e. The molecule has 0 radical (unpaired) electrons. The van der Waals surface area contributed by atoms with E-state index in [-0.39, 0.29) is 12.6 Å². The van der Waals surface area contributed by atoms with Crippen molar-refractivity contribution in [2.75, 3.05) is 23.9 Å². The van der Waals surface area contributed by atoms with Crippen LogP contribution >= 0.6 is 11.8 Å². The number of carbonyl (C=O) groups is 1. The Morgan fingerprint density at radius 1 is 1.24 bits per heavy atom. The van der Waals surface area contributed by atoms with E-state index in [0.717, 1.165) is 17.9 Å². The van der Waals surface area contributed by atoms with E-state index in [0.29, 0.717) is 12.8 Å². The van der Waals surface area contributed by atoms with Crippen molar-refractivity contribution in [2.45, 2.75) is 38.7 Å². The number of hydrogen-bond donors (Lipinski definition) is 3. The normalized spacial score (nSPS) is 11.2. The molecule has 0 aliphatic rings. The van der Waals surface area contributed by atoms with Crippen LogP contribution in [0.4, 0.5) is 10.5 Å². The van der Waals surface area contributed by atoms with Crippen LogP contribution in [0.25, 0.3) is 0 Å². The molecule has 4 nitrogen and oxygen atoms in total. The molecular formula is C16H26N2O2S. The van der Waals surface area contributed by atoms with Crippen LogP contribution in [0.1, 0.15) is 32.3 Å². The summed E-state index contributed by atoms with van der Waals surface area (Å²) in [5.41, 5.74) is 1.21. The third-order valence-electron chi connectivity index (χ3n) is 3.70. The number of urea groups is 1. The van der Waals surface area contributed by atoms with Crippen LogP contribution in [-0.4, -0.2) is 35.3 Å². The third kappa shape index (κ3) is 6.40. The van der Waals surface area contributed by atoms with Gasteiger partial charge in [0, 0.05) is 12.2 Å². The molecule has 3 N–H and O–H groups in total. The van der Waals surface area contributed by atoms with Crippen molar-refractivity contribution in [3.8, 4) is 0 Å². The molecule has 0 bridgehead atoms. The summed E-state index contributed by atoms with van der Waals surface area (Å²) in [6.45, 7) is 4.09. The summed E-state index contributed by atoms with van der Waals surface area (Å²) >= 11 is 1.82. The van der Waals surface area contributed by atoms with Crippen molar-refractivity contribution in [2.24, 2.45) is 0 Å². The van der Waals surface area contributed by atoms with Gasteiger partial charge in [0.25, 0.3) is 0 Å². The van der Waals surface area contributed by atoms with Crippen LogP contribution in [0.5, 0.6) is 0 Å². The van der Waals surface area contributed by atoms with Crippen LogP contribution in [0, 0.1) is 0 Å². The second-order valence-electron chi connectivity index (χ2n) is 5.18. The predicted molar refractivity (Wildman–Crippen MR) is 91.1 cm³/mol. The van der Waals surface area contributed by atoms with Crippen LogP contribution < -0.4 is 10.6 Å². The van der Waals surface area contributed by atoms with Crippen molar-refractivity contribution in [1.29, 1.82) is 0 Å². The summed E-state index contributed by atoms with van der Waals surface area (Å²) in [5.74, 6) is 1.10. The van der Waals surface area contributed by atoms with Crippen LogP contribution in [0.2, 0.25) is 0 Å². The Morgan fingerprint density at radius 3 is 2.38 bits per heavy atom. The number of thioether (sulfide) groups is 1. The predicted octanol–water partition coefficient (Wildman–Crippen LogP) is 3.26.